The van der Waals surface area contributed by atoms with Crippen LogP contribution in [-0.4, -0.2) is 13.7 Å². The summed E-state index contributed by atoms with van der Waals surface area (Å²) in [7, 11) is 1.19. The molecule has 2 nitrogen and oxygen atoms in total. The molecule has 0 aliphatic rings. The Bertz CT molecular complexity index is 379. The van der Waals surface area contributed by atoms with Crippen LogP contribution in [-0.2, 0) is 12.6 Å². The number of rotatable bonds is 3. The maximum absolute atomic E-state index is 12.7. The lowest BCUT2D eigenvalue weighted by Gasteiger charge is -2.16. The first-order valence-electron chi connectivity index (χ1n) is 4.53. The molecule has 0 heterocycles. The number of methoxy groups -OCH3 is 1. The zero-order chi connectivity index (χ0) is 12.3. The standard InChI is InChI=1S/C10H11ClF3NO/c1-16-9-6(2-3-15)4-7(11)5-8(9)10(12,13)14/h4-5H,2-3,15H2,1H3. The molecular formula is C10H11ClF3NO. The lowest BCUT2D eigenvalue weighted by molar-refractivity contribution is -0.138. The van der Waals surface area contributed by atoms with Crippen LogP contribution < -0.4 is 10.5 Å². The summed E-state index contributed by atoms with van der Waals surface area (Å²) in [6.45, 7) is 0.230. The highest BCUT2D eigenvalue weighted by molar-refractivity contribution is 6.30. The van der Waals surface area contributed by atoms with E-state index in [1.807, 2.05) is 0 Å². The van der Waals surface area contributed by atoms with E-state index in [0.29, 0.717) is 5.56 Å². The van der Waals surface area contributed by atoms with Crippen LogP contribution in [0, 0.1) is 0 Å². The summed E-state index contributed by atoms with van der Waals surface area (Å²) in [5.41, 5.74) is 4.81. The van der Waals surface area contributed by atoms with Crippen molar-refractivity contribution in [3.8, 4) is 5.75 Å². The van der Waals surface area contributed by atoms with Crippen molar-refractivity contribution >= 4 is 11.6 Å². The molecule has 0 radical (unpaired) electrons. The van der Waals surface area contributed by atoms with Crippen LogP contribution in [0.4, 0.5) is 13.2 Å². The summed E-state index contributed by atoms with van der Waals surface area (Å²) in [6.07, 6.45) is -4.20. The SMILES string of the molecule is COc1c(CCN)cc(Cl)cc1C(F)(F)F. The minimum absolute atomic E-state index is 0.0246. The van der Waals surface area contributed by atoms with Crippen molar-refractivity contribution in [2.45, 2.75) is 12.6 Å². The van der Waals surface area contributed by atoms with E-state index in [-0.39, 0.29) is 23.7 Å². The van der Waals surface area contributed by atoms with Gasteiger partial charge in [0.15, 0.2) is 0 Å². The molecule has 1 rings (SSSR count). The average Bonchev–Trinajstić information content (AvgIpc) is 2.16. The monoisotopic (exact) mass is 253 g/mol. The second kappa shape index (κ2) is 4.93. The summed E-state index contributed by atoms with van der Waals surface area (Å²) in [5.74, 6) is -0.206. The Labute approximate surface area is 96.1 Å². The molecule has 0 unspecified atom stereocenters. The molecule has 0 spiro atoms. The smallest absolute Gasteiger partial charge is 0.420 e. The second-order valence-corrected chi connectivity index (χ2v) is 3.62. The number of hydrogen-bond donors (Lipinski definition) is 1. The molecule has 0 fully saturated rings. The fourth-order valence-corrected chi connectivity index (χ4v) is 1.68. The zero-order valence-corrected chi connectivity index (χ0v) is 9.32. The van der Waals surface area contributed by atoms with Gasteiger partial charge in [-0.05, 0) is 30.7 Å². The first-order chi connectivity index (χ1) is 7.40. The lowest BCUT2D eigenvalue weighted by Crippen LogP contribution is -2.11. The number of alkyl halides is 3. The minimum atomic E-state index is -4.49. The van der Waals surface area contributed by atoms with Gasteiger partial charge in [0.1, 0.15) is 5.75 Å². The van der Waals surface area contributed by atoms with Crippen molar-refractivity contribution < 1.29 is 17.9 Å². The molecule has 0 atom stereocenters. The normalized spacial score (nSPS) is 11.6. The molecule has 0 saturated heterocycles. The Kier molecular flexibility index (Phi) is 4.04. The van der Waals surface area contributed by atoms with Gasteiger partial charge in [-0.3, -0.25) is 0 Å². The first kappa shape index (κ1) is 13.1. The first-order valence-corrected chi connectivity index (χ1v) is 4.91. The van der Waals surface area contributed by atoms with E-state index in [1.54, 1.807) is 0 Å². The Morgan fingerprint density at radius 2 is 2.00 bits per heavy atom. The molecule has 0 amide bonds. The molecule has 6 heteroatoms. The maximum atomic E-state index is 12.7. The average molecular weight is 254 g/mol. The Balaban J connectivity index is 3.36. The molecule has 0 aliphatic heterocycles. The third-order valence-electron chi connectivity index (χ3n) is 2.05. The summed E-state index contributed by atoms with van der Waals surface area (Å²) < 4.78 is 42.8. The highest BCUT2D eigenvalue weighted by Crippen LogP contribution is 2.40. The molecule has 16 heavy (non-hydrogen) atoms. The van der Waals surface area contributed by atoms with Gasteiger partial charge in [0.05, 0.1) is 12.7 Å². The number of halogens is 4. The van der Waals surface area contributed by atoms with Gasteiger partial charge in [0.25, 0.3) is 0 Å². The Hall–Kier alpha value is -0.940. The van der Waals surface area contributed by atoms with Crippen molar-refractivity contribution in [1.29, 1.82) is 0 Å². The van der Waals surface area contributed by atoms with Crippen molar-refractivity contribution in [3.05, 3.63) is 28.3 Å². The van der Waals surface area contributed by atoms with E-state index in [2.05, 4.69) is 0 Å². The number of ether oxygens (including phenoxy) is 1. The third kappa shape index (κ3) is 2.80. The van der Waals surface area contributed by atoms with Crippen LogP contribution in [0.3, 0.4) is 0 Å². The Morgan fingerprint density at radius 1 is 1.38 bits per heavy atom. The maximum Gasteiger partial charge on any atom is 0.420 e. The van der Waals surface area contributed by atoms with E-state index >= 15 is 0 Å². The van der Waals surface area contributed by atoms with Gasteiger partial charge in [0.2, 0.25) is 0 Å². The summed E-state index contributed by atoms with van der Waals surface area (Å²) in [4.78, 5) is 0. The molecule has 0 aliphatic carbocycles. The van der Waals surface area contributed by atoms with Crippen molar-refractivity contribution in [2.75, 3.05) is 13.7 Å². The quantitative estimate of drug-likeness (QED) is 0.899. The van der Waals surface area contributed by atoms with Gasteiger partial charge in [0, 0.05) is 5.02 Å². The highest BCUT2D eigenvalue weighted by atomic mass is 35.5. The fraction of sp³-hybridized carbons (Fsp3) is 0.400. The largest absolute Gasteiger partial charge is 0.496 e. The van der Waals surface area contributed by atoms with Crippen LogP contribution in [0.2, 0.25) is 5.02 Å². The molecular weight excluding hydrogens is 243 g/mol. The predicted octanol–water partition coefficient (Wildman–Crippen LogP) is 2.87. The van der Waals surface area contributed by atoms with Gasteiger partial charge < -0.3 is 10.5 Å². The molecule has 90 valence electrons. The van der Waals surface area contributed by atoms with E-state index in [1.165, 1.54) is 13.2 Å². The third-order valence-corrected chi connectivity index (χ3v) is 2.27. The van der Waals surface area contributed by atoms with Crippen LogP contribution >= 0.6 is 11.6 Å². The lowest BCUT2D eigenvalue weighted by atomic mass is 10.1. The summed E-state index contributed by atoms with van der Waals surface area (Å²) >= 11 is 5.62. The number of benzene rings is 1. The molecule has 1 aromatic rings. The van der Waals surface area contributed by atoms with Crippen LogP contribution in [0.1, 0.15) is 11.1 Å². The van der Waals surface area contributed by atoms with Gasteiger partial charge in [-0.25, -0.2) is 0 Å². The molecule has 1 aromatic carbocycles. The number of nitrogens with two attached hydrogens (primary N) is 1. The van der Waals surface area contributed by atoms with E-state index in [0.717, 1.165) is 6.07 Å². The van der Waals surface area contributed by atoms with Crippen LogP contribution in [0.25, 0.3) is 0 Å². The molecule has 0 saturated carbocycles. The van der Waals surface area contributed by atoms with Crippen molar-refractivity contribution in [2.24, 2.45) is 5.73 Å². The van der Waals surface area contributed by atoms with E-state index in [9.17, 15) is 13.2 Å². The van der Waals surface area contributed by atoms with Gasteiger partial charge in [-0.1, -0.05) is 11.6 Å². The summed E-state index contributed by atoms with van der Waals surface area (Å²) in [6, 6.07) is 2.28. The predicted molar refractivity (Wildman–Crippen MR) is 55.8 cm³/mol. The minimum Gasteiger partial charge on any atom is -0.496 e. The van der Waals surface area contributed by atoms with Crippen LogP contribution in [0.5, 0.6) is 5.75 Å². The van der Waals surface area contributed by atoms with Crippen molar-refractivity contribution in [1.82, 2.24) is 0 Å². The van der Waals surface area contributed by atoms with Crippen LogP contribution in [0.15, 0.2) is 12.1 Å². The van der Waals surface area contributed by atoms with Crippen molar-refractivity contribution in [3.63, 3.8) is 0 Å². The van der Waals surface area contributed by atoms with Gasteiger partial charge >= 0.3 is 6.18 Å². The van der Waals surface area contributed by atoms with Gasteiger partial charge in [-0.2, -0.15) is 13.2 Å². The highest BCUT2D eigenvalue weighted by Gasteiger charge is 2.35. The molecule has 2 N–H and O–H groups in total. The fourth-order valence-electron chi connectivity index (χ4n) is 1.44. The van der Waals surface area contributed by atoms with E-state index in [4.69, 9.17) is 22.1 Å². The topological polar surface area (TPSA) is 35.2 Å². The number of hydrogen-bond acceptors (Lipinski definition) is 2. The molecule has 0 bridgehead atoms. The summed E-state index contributed by atoms with van der Waals surface area (Å²) in [5, 5.41) is 0.0246. The zero-order valence-electron chi connectivity index (χ0n) is 8.57. The second-order valence-electron chi connectivity index (χ2n) is 3.18. The van der Waals surface area contributed by atoms with Gasteiger partial charge in [-0.15, -0.1) is 0 Å². The molecule has 0 aromatic heterocycles. The Morgan fingerprint density at radius 3 is 2.44 bits per heavy atom. The van der Waals surface area contributed by atoms with E-state index < -0.39 is 11.7 Å².